The molecule has 0 saturated carbocycles. The van der Waals surface area contributed by atoms with Crippen LogP contribution in [0.1, 0.15) is 13.8 Å². The zero-order chi connectivity index (χ0) is 11.9. The van der Waals surface area contributed by atoms with E-state index in [0.29, 0.717) is 5.92 Å². The summed E-state index contributed by atoms with van der Waals surface area (Å²) >= 11 is 0. The fourth-order valence-corrected chi connectivity index (χ4v) is 2.65. The van der Waals surface area contributed by atoms with Gasteiger partial charge in [0, 0.05) is 23.2 Å². The summed E-state index contributed by atoms with van der Waals surface area (Å²) in [7, 11) is 0. The Labute approximate surface area is 102 Å². The first-order valence-electron chi connectivity index (χ1n) is 6.11. The molecule has 1 nitrogen and oxygen atoms in total. The molecular formula is C16H17N. The predicted molar refractivity (Wildman–Crippen MR) is 73.0 cm³/mol. The third kappa shape index (κ3) is 1.54. The van der Waals surface area contributed by atoms with E-state index < -0.39 is 0 Å². The number of allylic oxidation sites excluding steroid dienone is 4. The van der Waals surface area contributed by atoms with E-state index in [1.54, 1.807) is 0 Å². The second-order valence-corrected chi connectivity index (χ2v) is 5.19. The third-order valence-electron chi connectivity index (χ3n) is 3.78. The summed E-state index contributed by atoms with van der Waals surface area (Å²) in [6.45, 7) is 4.59. The van der Waals surface area contributed by atoms with Gasteiger partial charge in [-0.05, 0) is 31.4 Å². The van der Waals surface area contributed by atoms with Crippen LogP contribution >= 0.6 is 0 Å². The van der Waals surface area contributed by atoms with Gasteiger partial charge in [0.2, 0.25) is 0 Å². The number of aromatic nitrogens is 1. The Balaban J connectivity index is 2.14. The van der Waals surface area contributed by atoms with Gasteiger partial charge in [-0.25, -0.2) is 0 Å². The lowest BCUT2D eigenvalue weighted by atomic mass is 9.88. The molecule has 0 radical (unpaired) electrons. The minimum absolute atomic E-state index is 0.0760. The van der Waals surface area contributed by atoms with Crippen LogP contribution in [0, 0.1) is 5.92 Å². The lowest BCUT2D eigenvalue weighted by Crippen LogP contribution is -2.32. The quantitative estimate of drug-likeness (QED) is 0.721. The Bertz CT molecular complexity index is 587. The fraction of sp³-hybridized carbons (Fsp3) is 0.250. The zero-order valence-corrected chi connectivity index (χ0v) is 10.3. The van der Waals surface area contributed by atoms with Gasteiger partial charge >= 0.3 is 0 Å². The van der Waals surface area contributed by atoms with Gasteiger partial charge in [0.05, 0.1) is 0 Å². The fourth-order valence-electron chi connectivity index (χ4n) is 2.65. The van der Waals surface area contributed by atoms with Crippen LogP contribution in [0.25, 0.3) is 10.9 Å². The molecule has 2 aromatic rings. The van der Waals surface area contributed by atoms with Crippen LogP contribution in [-0.2, 0) is 5.54 Å². The van der Waals surface area contributed by atoms with Gasteiger partial charge in [0.15, 0.2) is 0 Å². The van der Waals surface area contributed by atoms with Gasteiger partial charge in [0.1, 0.15) is 0 Å². The molecule has 86 valence electrons. The first kappa shape index (κ1) is 10.4. The molecule has 1 aromatic heterocycles. The maximum Gasteiger partial charge on any atom is 0.0486 e. The van der Waals surface area contributed by atoms with E-state index in [0.717, 1.165) is 0 Å². The Morgan fingerprint density at radius 2 is 1.71 bits per heavy atom. The normalized spacial score (nSPS) is 16.1. The van der Waals surface area contributed by atoms with E-state index >= 15 is 0 Å². The number of benzene rings is 1. The summed E-state index contributed by atoms with van der Waals surface area (Å²) in [5.74, 6) is 0.471. The highest BCUT2D eigenvalue weighted by molar-refractivity contribution is 5.80. The van der Waals surface area contributed by atoms with E-state index in [4.69, 9.17) is 0 Å². The number of hydrogen-bond acceptors (Lipinski definition) is 0. The number of fused-ring (bicyclic) bond motifs is 1. The van der Waals surface area contributed by atoms with Crippen molar-refractivity contribution in [1.82, 2.24) is 4.57 Å². The molecule has 0 spiro atoms. The van der Waals surface area contributed by atoms with Crippen molar-refractivity contribution >= 4 is 10.9 Å². The van der Waals surface area contributed by atoms with Gasteiger partial charge in [-0.1, -0.05) is 42.5 Å². The predicted octanol–water partition coefficient (Wildman–Crippen LogP) is 4.12. The highest BCUT2D eigenvalue weighted by atomic mass is 15.0. The van der Waals surface area contributed by atoms with E-state index in [1.807, 2.05) is 0 Å². The number of rotatable bonds is 2. The molecule has 0 bridgehead atoms. The molecule has 0 saturated heterocycles. The van der Waals surface area contributed by atoms with Crippen molar-refractivity contribution in [2.75, 3.05) is 0 Å². The molecule has 1 heteroatoms. The Morgan fingerprint density at radius 1 is 1.00 bits per heavy atom. The topological polar surface area (TPSA) is 4.93 Å². The van der Waals surface area contributed by atoms with Crippen LogP contribution < -0.4 is 0 Å². The molecule has 0 N–H and O–H groups in total. The molecule has 0 aliphatic heterocycles. The van der Waals surface area contributed by atoms with Crippen LogP contribution in [0.3, 0.4) is 0 Å². The van der Waals surface area contributed by atoms with Crippen molar-refractivity contribution in [2.24, 2.45) is 5.92 Å². The maximum absolute atomic E-state index is 2.38. The van der Waals surface area contributed by atoms with Crippen LogP contribution in [0.4, 0.5) is 0 Å². The van der Waals surface area contributed by atoms with Crippen molar-refractivity contribution < 1.29 is 0 Å². The lowest BCUT2D eigenvalue weighted by molar-refractivity contribution is 0.311. The molecule has 0 amide bonds. The standard InChI is InChI=1S/C16H17N/c1-16(2,14-8-4-5-9-14)17-12-11-13-7-3-6-10-15(13)17/h3-12,14H,1-2H3. The van der Waals surface area contributed by atoms with Crippen molar-refractivity contribution in [3.63, 3.8) is 0 Å². The van der Waals surface area contributed by atoms with Crippen LogP contribution in [-0.4, -0.2) is 4.57 Å². The van der Waals surface area contributed by atoms with E-state index in [-0.39, 0.29) is 5.54 Å². The molecule has 0 unspecified atom stereocenters. The second-order valence-electron chi connectivity index (χ2n) is 5.19. The van der Waals surface area contributed by atoms with E-state index in [1.165, 1.54) is 10.9 Å². The van der Waals surface area contributed by atoms with Gasteiger partial charge in [0.25, 0.3) is 0 Å². The summed E-state index contributed by atoms with van der Waals surface area (Å²) in [6, 6.07) is 10.8. The molecule has 0 fully saturated rings. The van der Waals surface area contributed by atoms with Crippen LogP contribution in [0.2, 0.25) is 0 Å². The molecular weight excluding hydrogens is 206 g/mol. The van der Waals surface area contributed by atoms with Crippen molar-refractivity contribution in [1.29, 1.82) is 0 Å². The highest BCUT2D eigenvalue weighted by Gasteiger charge is 2.29. The third-order valence-corrected chi connectivity index (χ3v) is 3.78. The summed E-state index contributed by atoms with van der Waals surface area (Å²) in [5.41, 5.74) is 1.39. The molecule has 1 aliphatic rings. The summed E-state index contributed by atoms with van der Waals surface area (Å²) in [5, 5.41) is 1.31. The number of para-hydroxylation sites is 1. The minimum atomic E-state index is 0.0760. The van der Waals surface area contributed by atoms with E-state index in [2.05, 4.69) is 79.2 Å². The first-order valence-corrected chi connectivity index (χ1v) is 6.11. The van der Waals surface area contributed by atoms with E-state index in [9.17, 15) is 0 Å². The zero-order valence-electron chi connectivity index (χ0n) is 10.3. The van der Waals surface area contributed by atoms with Crippen molar-refractivity contribution in [3.8, 4) is 0 Å². The number of nitrogens with zero attached hydrogens (tertiary/aromatic N) is 1. The molecule has 17 heavy (non-hydrogen) atoms. The van der Waals surface area contributed by atoms with Crippen molar-refractivity contribution in [2.45, 2.75) is 19.4 Å². The average Bonchev–Trinajstić information content (AvgIpc) is 2.99. The molecule has 1 aliphatic carbocycles. The monoisotopic (exact) mass is 223 g/mol. The Morgan fingerprint density at radius 3 is 2.47 bits per heavy atom. The smallest absolute Gasteiger partial charge is 0.0486 e. The summed E-state index contributed by atoms with van der Waals surface area (Å²) in [6.07, 6.45) is 11.0. The summed E-state index contributed by atoms with van der Waals surface area (Å²) in [4.78, 5) is 0. The summed E-state index contributed by atoms with van der Waals surface area (Å²) < 4.78 is 2.38. The maximum atomic E-state index is 2.38. The lowest BCUT2D eigenvalue weighted by Gasteiger charge is -2.32. The molecule has 1 heterocycles. The van der Waals surface area contributed by atoms with Gasteiger partial charge in [-0.2, -0.15) is 0 Å². The van der Waals surface area contributed by atoms with Crippen LogP contribution in [0.15, 0.2) is 60.8 Å². The second kappa shape index (κ2) is 3.63. The minimum Gasteiger partial charge on any atom is -0.341 e. The molecule has 3 rings (SSSR count). The first-order chi connectivity index (χ1) is 8.19. The number of hydrogen-bond donors (Lipinski definition) is 0. The van der Waals surface area contributed by atoms with Gasteiger partial charge in [-0.15, -0.1) is 0 Å². The molecule has 0 atom stereocenters. The Kier molecular flexibility index (Phi) is 2.22. The highest BCUT2D eigenvalue weighted by Crippen LogP contribution is 2.33. The largest absolute Gasteiger partial charge is 0.341 e. The average molecular weight is 223 g/mol. The van der Waals surface area contributed by atoms with Gasteiger partial charge < -0.3 is 4.57 Å². The van der Waals surface area contributed by atoms with Crippen LogP contribution in [0.5, 0.6) is 0 Å². The SMILES string of the molecule is CC(C)(C1C=CC=C1)n1ccc2ccccc21. The van der Waals surface area contributed by atoms with Crippen molar-refractivity contribution in [3.05, 3.63) is 60.8 Å². The molecule has 1 aromatic carbocycles. The van der Waals surface area contributed by atoms with Gasteiger partial charge in [-0.3, -0.25) is 0 Å². The Hall–Kier alpha value is -1.76.